The lowest BCUT2D eigenvalue weighted by Crippen LogP contribution is -2.38. The molecule has 0 aliphatic rings. The highest BCUT2D eigenvalue weighted by molar-refractivity contribution is 5.82. The van der Waals surface area contributed by atoms with Crippen LogP contribution >= 0.6 is 0 Å². The first-order valence-corrected chi connectivity index (χ1v) is 5.29. The molecule has 0 aromatic carbocycles. The molecule has 0 aromatic rings. The van der Waals surface area contributed by atoms with Crippen LogP contribution in [0.1, 0.15) is 20.8 Å². The molecule has 5 heteroatoms. The van der Waals surface area contributed by atoms with Gasteiger partial charge < -0.3 is 15.0 Å². The highest BCUT2D eigenvalue weighted by Gasteiger charge is 2.06. The lowest BCUT2D eigenvalue weighted by Gasteiger charge is -2.18. The van der Waals surface area contributed by atoms with E-state index in [9.17, 15) is 9.59 Å². The van der Waals surface area contributed by atoms with Crippen LogP contribution in [0.3, 0.4) is 0 Å². The molecule has 0 saturated carbocycles. The number of carbonyl (C=O) groups is 2. The zero-order valence-corrected chi connectivity index (χ0v) is 10.3. The van der Waals surface area contributed by atoms with Crippen LogP contribution < -0.4 is 5.32 Å². The number of ether oxygens (including phenoxy) is 1. The Morgan fingerprint density at radius 3 is 2.50 bits per heavy atom. The topological polar surface area (TPSA) is 58.6 Å². The largest absolute Gasteiger partial charge is 0.466 e. The van der Waals surface area contributed by atoms with E-state index in [1.54, 1.807) is 11.1 Å². The molecule has 0 heterocycles. The third-order valence-electron chi connectivity index (χ3n) is 1.83. The van der Waals surface area contributed by atoms with E-state index < -0.39 is 5.97 Å². The first-order chi connectivity index (χ1) is 7.49. The summed E-state index contributed by atoms with van der Waals surface area (Å²) in [7, 11) is 1.31. The molecule has 0 rings (SSSR count). The summed E-state index contributed by atoms with van der Waals surface area (Å²) in [6, 6.07) is 0.121. The highest BCUT2D eigenvalue weighted by atomic mass is 16.5. The Balaban J connectivity index is 4.14. The Kier molecular flexibility index (Phi) is 7.00. The molecule has 0 saturated heterocycles. The molecule has 1 amide bonds. The third kappa shape index (κ3) is 6.86. The monoisotopic (exact) mass is 228 g/mol. The van der Waals surface area contributed by atoms with Gasteiger partial charge in [0.2, 0.25) is 5.91 Å². The van der Waals surface area contributed by atoms with Crippen LogP contribution in [0.2, 0.25) is 0 Å². The number of hydrogen-bond acceptors (Lipinski definition) is 4. The van der Waals surface area contributed by atoms with E-state index in [2.05, 4.69) is 10.1 Å². The summed E-state index contributed by atoms with van der Waals surface area (Å²) in [6.07, 6.45) is 2.86. The zero-order chi connectivity index (χ0) is 12.6. The van der Waals surface area contributed by atoms with Crippen LogP contribution in [0.15, 0.2) is 12.3 Å². The number of nitrogens with one attached hydrogen (secondary N) is 1. The Labute approximate surface area is 96.4 Å². The van der Waals surface area contributed by atoms with Crippen molar-refractivity contribution < 1.29 is 14.3 Å². The van der Waals surface area contributed by atoms with E-state index in [1.165, 1.54) is 13.2 Å². The van der Waals surface area contributed by atoms with E-state index in [4.69, 9.17) is 0 Å². The van der Waals surface area contributed by atoms with Gasteiger partial charge in [0, 0.05) is 24.9 Å². The fourth-order valence-corrected chi connectivity index (χ4v) is 1.06. The maximum Gasteiger partial charge on any atom is 0.331 e. The van der Waals surface area contributed by atoms with E-state index in [-0.39, 0.29) is 18.5 Å². The molecule has 0 unspecified atom stereocenters. The molecule has 0 aliphatic carbocycles. The van der Waals surface area contributed by atoms with Crippen molar-refractivity contribution in [2.24, 2.45) is 0 Å². The third-order valence-corrected chi connectivity index (χ3v) is 1.83. The molecule has 0 spiro atoms. The molecule has 0 radical (unpaired) electrons. The van der Waals surface area contributed by atoms with Gasteiger partial charge in [-0.3, -0.25) is 4.79 Å². The number of hydrogen-bond donors (Lipinski definition) is 1. The van der Waals surface area contributed by atoms with Crippen molar-refractivity contribution in [1.82, 2.24) is 10.2 Å². The maximum atomic E-state index is 11.4. The highest BCUT2D eigenvalue weighted by Crippen LogP contribution is 1.91. The average molecular weight is 228 g/mol. The van der Waals surface area contributed by atoms with Gasteiger partial charge in [-0.05, 0) is 20.8 Å². The van der Waals surface area contributed by atoms with Crippen molar-refractivity contribution in [2.45, 2.75) is 26.8 Å². The molecular weight excluding hydrogens is 208 g/mol. The van der Waals surface area contributed by atoms with Gasteiger partial charge >= 0.3 is 5.97 Å². The van der Waals surface area contributed by atoms with E-state index in [0.717, 1.165) is 0 Å². The summed E-state index contributed by atoms with van der Waals surface area (Å²) >= 11 is 0. The predicted octanol–water partition coefficient (Wildman–Crippen LogP) is 0.520. The number of esters is 1. The molecule has 16 heavy (non-hydrogen) atoms. The number of amides is 1. The number of nitrogens with zero attached hydrogens (tertiary/aromatic N) is 1. The van der Waals surface area contributed by atoms with Crippen molar-refractivity contribution in [1.29, 1.82) is 0 Å². The van der Waals surface area contributed by atoms with Gasteiger partial charge in [0.1, 0.15) is 0 Å². The predicted molar refractivity (Wildman–Crippen MR) is 61.7 cm³/mol. The maximum absolute atomic E-state index is 11.4. The van der Waals surface area contributed by atoms with Gasteiger partial charge in [-0.1, -0.05) is 0 Å². The van der Waals surface area contributed by atoms with Crippen molar-refractivity contribution in [3.05, 3.63) is 12.3 Å². The van der Waals surface area contributed by atoms with Crippen molar-refractivity contribution >= 4 is 11.9 Å². The van der Waals surface area contributed by atoms with Gasteiger partial charge in [-0.2, -0.15) is 0 Å². The number of methoxy groups -OCH3 is 1. The fraction of sp³-hybridized carbons (Fsp3) is 0.636. The molecule has 0 aromatic heterocycles. The van der Waals surface area contributed by atoms with Crippen LogP contribution in [0.25, 0.3) is 0 Å². The molecule has 1 N–H and O–H groups in total. The van der Waals surface area contributed by atoms with Gasteiger partial charge in [-0.15, -0.1) is 0 Å². The van der Waals surface area contributed by atoms with Crippen LogP contribution in [-0.4, -0.2) is 43.0 Å². The summed E-state index contributed by atoms with van der Waals surface area (Å²) in [5.41, 5.74) is 0. The zero-order valence-electron chi connectivity index (χ0n) is 10.3. The normalized spacial score (nSPS) is 10.6. The van der Waals surface area contributed by atoms with Crippen LogP contribution in [0.5, 0.6) is 0 Å². The summed E-state index contributed by atoms with van der Waals surface area (Å²) in [6.45, 7) is 6.60. The number of carbonyl (C=O) groups excluding carboxylic acids is 2. The van der Waals surface area contributed by atoms with E-state index in [0.29, 0.717) is 6.54 Å². The van der Waals surface area contributed by atoms with E-state index >= 15 is 0 Å². The Hall–Kier alpha value is -1.52. The summed E-state index contributed by atoms with van der Waals surface area (Å²) in [5.74, 6) is -0.492. The summed E-state index contributed by atoms with van der Waals surface area (Å²) < 4.78 is 4.46. The first-order valence-electron chi connectivity index (χ1n) is 5.29. The van der Waals surface area contributed by atoms with Crippen LogP contribution in [-0.2, 0) is 14.3 Å². The van der Waals surface area contributed by atoms with Gasteiger partial charge in [0.15, 0.2) is 0 Å². The fourth-order valence-electron chi connectivity index (χ4n) is 1.06. The van der Waals surface area contributed by atoms with Gasteiger partial charge in [0.05, 0.1) is 13.7 Å². The molecule has 0 fully saturated rings. The van der Waals surface area contributed by atoms with Gasteiger partial charge in [0.25, 0.3) is 0 Å². The van der Waals surface area contributed by atoms with Crippen LogP contribution in [0, 0.1) is 0 Å². The summed E-state index contributed by atoms with van der Waals surface area (Å²) in [5, 5.41) is 2.78. The lowest BCUT2D eigenvalue weighted by molar-refractivity contribution is -0.135. The van der Waals surface area contributed by atoms with Crippen molar-refractivity contribution in [3.8, 4) is 0 Å². The second-order valence-electron chi connectivity index (χ2n) is 3.62. The van der Waals surface area contributed by atoms with Crippen molar-refractivity contribution in [2.75, 3.05) is 20.2 Å². The van der Waals surface area contributed by atoms with Crippen molar-refractivity contribution in [3.63, 3.8) is 0 Å². The second kappa shape index (κ2) is 7.73. The molecule has 92 valence electrons. The summed E-state index contributed by atoms with van der Waals surface area (Å²) in [4.78, 5) is 24.0. The minimum atomic E-state index is -0.428. The van der Waals surface area contributed by atoms with E-state index in [1.807, 2.05) is 20.8 Å². The molecule has 0 bridgehead atoms. The number of rotatable bonds is 6. The molecular formula is C11H20N2O3. The van der Waals surface area contributed by atoms with Gasteiger partial charge in [-0.25, -0.2) is 4.79 Å². The smallest absolute Gasteiger partial charge is 0.331 e. The lowest BCUT2D eigenvalue weighted by atomic mass is 10.4. The standard InChI is InChI=1S/C11H20N2O3/c1-5-13(7-6-11(15)16-4)8-10(14)12-9(2)3/h6-7,9H,5,8H2,1-4H3,(H,12,14). The average Bonchev–Trinajstić information content (AvgIpc) is 2.22. The first kappa shape index (κ1) is 14.5. The Morgan fingerprint density at radius 1 is 1.44 bits per heavy atom. The molecule has 0 aliphatic heterocycles. The quantitative estimate of drug-likeness (QED) is 0.532. The minimum absolute atomic E-state index is 0.0636. The Morgan fingerprint density at radius 2 is 2.06 bits per heavy atom. The number of likely N-dealkylation sites (N-methyl/N-ethyl adjacent to an activating group) is 1. The minimum Gasteiger partial charge on any atom is -0.466 e. The molecule has 5 nitrogen and oxygen atoms in total. The SMILES string of the molecule is CCN(C=CC(=O)OC)CC(=O)NC(C)C. The molecule has 0 atom stereocenters. The second-order valence-corrected chi connectivity index (χ2v) is 3.62. The Bertz CT molecular complexity index is 262. The van der Waals surface area contributed by atoms with Crippen LogP contribution in [0.4, 0.5) is 0 Å².